The SMILES string of the molecule is NC(=NO)c1cc(F)ccc1N1CC2CCC(C1)O2. The predicted octanol–water partition coefficient (Wildman–Crippen LogP) is 1.29. The smallest absolute Gasteiger partial charge is 0.172 e. The van der Waals surface area contributed by atoms with Crippen LogP contribution >= 0.6 is 0 Å². The lowest BCUT2D eigenvalue weighted by atomic mass is 10.1. The van der Waals surface area contributed by atoms with Crippen LogP contribution in [0.2, 0.25) is 0 Å². The van der Waals surface area contributed by atoms with Gasteiger partial charge in [-0.1, -0.05) is 5.16 Å². The van der Waals surface area contributed by atoms with Gasteiger partial charge >= 0.3 is 0 Å². The number of morpholine rings is 1. The molecule has 2 heterocycles. The minimum absolute atomic E-state index is 0.0756. The lowest BCUT2D eigenvalue weighted by Crippen LogP contribution is -2.43. The summed E-state index contributed by atoms with van der Waals surface area (Å²) < 4.78 is 19.1. The number of nitrogens with zero attached hydrogens (tertiary/aromatic N) is 2. The van der Waals surface area contributed by atoms with Crippen LogP contribution in [0.1, 0.15) is 18.4 Å². The lowest BCUT2D eigenvalue weighted by Gasteiger charge is -2.34. The van der Waals surface area contributed by atoms with E-state index in [2.05, 4.69) is 10.1 Å². The zero-order valence-electron chi connectivity index (χ0n) is 10.4. The van der Waals surface area contributed by atoms with Crippen LogP contribution < -0.4 is 10.6 Å². The van der Waals surface area contributed by atoms with Gasteiger partial charge in [0.25, 0.3) is 0 Å². The van der Waals surface area contributed by atoms with Crippen molar-refractivity contribution in [2.75, 3.05) is 18.0 Å². The molecule has 2 bridgehead atoms. The van der Waals surface area contributed by atoms with Crippen LogP contribution in [0.15, 0.2) is 23.4 Å². The summed E-state index contributed by atoms with van der Waals surface area (Å²) in [5.74, 6) is -0.477. The third-order valence-electron chi connectivity index (χ3n) is 3.73. The molecule has 2 fully saturated rings. The van der Waals surface area contributed by atoms with Gasteiger partial charge in [0.05, 0.1) is 12.2 Å². The highest BCUT2D eigenvalue weighted by molar-refractivity contribution is 6.02. The van der Waals surface area contributed by atoms with Gasteiger partial charge in [-0.3, -0.25) is 0 Å². The Kier molecular flexibility index (Phi) is 3.02. The molecule has 0 radical (unpaired) electrons. The number of hydrogen-bond acceptors (Lipinski definition) is 4. The first-order valence-electron chi connectivity index (χ1n) is 6.35. The maximum Gasteiger partial charge on any atom is 0.172 e. The highest BCUT2D eigenvalue weighted by atomic mass is 19.1. The van der Waals surface area contributed by atoms with E-state index < -0.39 is 5.82 Å². The highest BCUT2D eigenvalue weighted by Gasteiger charge is 2.34. The van der Waals surface area contributed by atoms with Crippen molar-refractivity contribution in [1.29, 1.82) is 0 Å². The average molecular weight is 265 g/mol. The first-order valence-corrected chi connectivity index (χ1v) is 6.35. The molecular weight excluding hydrogens is 249 g/mol. The highest BCUT2D eigenvalue weighted by Crippen LogP contribution is 2.31. The van der Waals surface area contributed by atoms with Crippen molar-refractivity contribution >= 4 is 11.5 Å². The van der Waals surface area contributed by atoms with E-state index in [1.807, 2.05) is 0 Å². The van der Waals surface area contributed by atoms with Crippen molar-refractivity contribution in [3.05, 3.63) is 29.6 Å². The Morgan fingerprint density at radius 3 is 2.68 bits per heavy atom. The Hall–Kier alpha value is -1.82. The number of oxime groups is 1. The molecule has 1 aromatic rings. The van der Waals surface area contributed by atoms with Gasteiger partial charge in [0, 0.05) is 24.3 Å². The summed E-state index contributed by atoms with van der Waals surface area (Å²) >= 11 is 0. The molecule has 6 heteroatoms. The molecule has 0 aliphatic carbocycles. The molecule has 2 saturated heterocycles. The normalized spacial score (nSPS) is 26.8. The van der Waals surface area contributed by atoms with E-state index in [4.69, 9.17) is 15.7 Å². The summed E-state index contributed by atoms with van der Waals surface area (Å²) in [6.45, 7) is 1.52. The molecule has 5 nitrogen and oxygen atoms in total. The van der Waals surface area contributed by atoms with Gasteiger partial charge in [-0.15, -0.1) is 0 Å². The van der Waals surface area contributed by atoms with Crippen molar-refractivity contribution in [1.82, 2.24) is 0 Å². The number of fused-ring (bicyclic) bond motifs is 2. The van der Waals surface area contributed by atoms with Gasteiger partial charge in [0.15, 0.2) is 5.84 Å². The molecule has 1 aromatic carbocycles. The Bertz CT molecular complexity index is 509. The number of benzene rings is 1. The Balaban J connectivity index is 1.96. The first-order chi connectivity index (χ1) is 9.17. The second-order valence-electron chi connectivity index (χ2n) is 5.01. The molecule has 19 heavy (non-hydrogen) atoms. The summed E-state index contributed by atoms with van der Waals surface area (Å²) in [6, 6.07) is 4.36. The van der Waals surface area contributed by atoms with Gasteiger partial charge in [-0.2, -0.15) is 0 Å². The first kappa shape index (κ1) is 12.2. The molecule has 0 aromatic heterocycles. The molecule has 2 aliphatic heterocycles. The van der Waals surface area contributed by atoms with Crippen LogP contribution in [0.3, 0.4) is 0 Å². The van der Waals surface area contributed by atoms with Gasteiger partial charge in [-0.25, -0.2) is 4.39 Å². The number of hydrogen-bond donors (Lipinski definition) is 2. The Labute approximate surface area is 110 Å². The zero-order chi connectivity index (χ0) is 13.4. The fraction of sp³-hybridized carbons (Fsp3) is 0.462. The number of nitrogens with two attached hydrogens (primary N) is 1. The monoisotopic (exact) mass is 265 g/mol. The zero-order valence-corrected chi connectivity index (χ0v) is 10.4. The van der Waals surface area contributed by atoms with Crippen LogP contribution in [-0.4, -0.2) is 36.3 Å². The number of rotatable bonds is 2. The third-order valence-corrected chi connectivity index (χ3v) is 3.73. The second kappa shape index (κ2) is 4.70. The quantitative estimate of drug-likeness (QED) is 0.366. The largest absolute Gasteiger partial charge is 0.409 e. The molecule has 0 saturated carbocycles. The molecule has 2 aliphatic rings. The van der Waals surface area contributed by atoms with E-state index in [-0.39, 0.29) is 18.0 Å². The maximum absolute atomic E-state index is 13.3. The summed E-state index contributed by atoms with van der Waals surface area (Å²) in [5, 5.41) is 11.8. The van der Waals surface area contributed by atoms with E-state index >= 15 is 0 Å². The lowest BCUT2D eigenvalue weighted by molar-refractivity contribution is 0.0305. The van der Waals surface area contributed by atoms with E-state index in [0.29, 0.717) is 5.56 Å². The van der Waals surface area contributed by atoms with E-state index in [1.54, 1.807) is 6.07 Å². The summed E-state index contributed by atoms with van der Waals surface area (Å²) in [5.41, 5.74) is 6.84. The Morgan fingerprint density at radius 2 is 2.05 bits per heavy atom. The number of halogens is 1. The summed E-state index contributed by atoms with van der Waals surface area (Å²) in [4.78, 5) is 2.12. The molecule has 2 atom stereocenters. The molecule has 102 valence electrons. The molecule has 3 N–H and O–H groups in total. The van der Waals surface area contributed by atoms with Gasteiger partial charge in [0.1, 0.15) is 5.82 Å². The number of anilines is 1. The molecule has 0 spiro atoms. The van der Waals surface area contributed by atoms with E-state index in [9.17, 15) is 4.39 Å². The van der Waals surface area contributed by atoms with Crippen LogP contribution in [0.25, 0.3) is 0 Å². The molecule has 3 rings (SSSR count). The van der Waals surface area contributed by atoms with Crippen LogP contribution in [0.5, 0.6) is 0 Å². The number of ether oxygens (including phenoxy) is 1. The van der Waals surface area contributed by atoms with E-state index in [0.717, 1.165) is 31.6 Å². The summed E-state index contributed by atoms with van der Waals surface area (Å²) in [6.07, 6.45) is 2.57. The van der Waals surface area contributed by atoms with Crippen molar-refractivity contribution in [3.8, 4) is 0 Å². The Morgan fingerprint density at radius 1 is 1.37 bits per heavy atom. The molecule has 2 unspecified atom stereocenters. The molecule has 0 amide bonds. The van der Waals surface area contributed by atoms with Crippen molar-refractivity contribution < 1.29 is 14.3 Å². The third kappa shape index (κ3) is 2.23. The maximum atomic E-state index is 13.3. The van der Waals surface area contributed by atoms with Crippen molar-refractivity contribution in [2.45, 2.75) is 25.0 Å². The average Bonchev–Trinajstić information content (AvgIpc) is 2.76. The van der Waals surface area contributed by atoms with Crippen LogP contribution in [0, 0.1) is 5.82 Å². The fourth-order valence-electron chi connectivity index (χ4n) is 2.85. The minimum Gasteiger partial charge on any atom is -0.409 e. The van der Waals surface area contributed by atoms with Crippen molar-refractivity contribution in [2.24, 2.45) is 10.9 Å². The van der Waals surface area contributed by atoms with Crippen LogP contribution in [-0.2, 0) is 4.74 Å². The molecular formula is C13H16FN3O2. The second-order valence-corrected chi connectivity index (χ2v) is 5.01. The predicted molar refractivity (Wildman–Crippen MR) is 69.0 cm³/mol. The van der Waals surface area contributed by atoms with Crippen LogP contribution in [0.4, 0.5) is 10.1 Å². The van der Waals surface area contributed by atoms with Gasteiger partial charge in [0.2, 0.25) is 0 Å². The van der Waals surface area contributed by atoms with Crippen molar-refractivity contribution in [3.63, 3.8) is 0 Å². The van der Waals surface area contributed by atoms with Gasteiger partial charge < -0.3 is 20.6 Å². The topological polar surface area (TPSA) is 71.1 Å². The number of amidine groups is 1. The minimum atomic E-state index is -0.401. The van der Waals surface area contributed by atoms with Gasteiger partial charge in [-0.05, 0) is 31.0 Å². The summed E-state index contributed by atoms with van der Waals surface area (Å²) in [7, 11) is 0. The fourth-order valence-corrected chi connectivity index (χ4v) is 2.85. The van der Waals surface area contributed by atoms with E-state index in [1.165, 1.54) is 12.1 Å². The standard InChI is InChI=1S/C13H16FN3O2/c14-8-1-4-12(11(5-8)13(15)16-18)17-6-9-2-3-10(7-17)19-9/h1,4-5,9-10,18H,2-3,6-7H2,(H2,15,16).